The molecule has 1 aromatic carbocycles. The molecule has 2 aromatic rings. The molecule has 0 aliphatic rings. The van der Waals surface area contributed by atoms with E-state index in [-0.39, 0.29) is 5.78 Å². The molecule has 128 valence electrons. The number of methoxy groups -OCH3 is 2. The molecule has 0 radical (unpaired) electrons. The van der Waals surface area contributed by atoms with Crippen molar-refractivity contribution in [3.05, 3.63) is 47.2 Å². The molecule has 2 rings (SSSR count). The maximum Gasteiger partial charge on any atom is 0.191 e. The fraction of sp³-hybridized carbons (Fsp3) is 0.333. The van der Waals surface area contributed by atoms with Crippen molar-refractivity contribution in [3.63, 3.8) is 0 Å². The molecule has 0 N–H and O–H groups in total. The highest BCUT2D eigenvalue weighted by molar-refractivity contribution is 6.07. The van der Waals surface area contributed by atoms with Gasteiger partial charge in [0.15, 0.2) is 23.2 Å². The first-order chi connectivity index (χ1) is 11.5. The molecule has 0 atom stereocenters. The Morgan fingerprint density at radius 2 is 2.00 bits per heavy atom. The number of rotatable bonds is 8. The molecule has 0 saturated carbocycles. The summed E-state index contributed by atoms with van der Waals surface area (Å²) in [5.74, 6) is 2.05. The minimum Gasteiger partial charge on any atom is -0.493 e. The van der Waals surface area contributed by atoms with Crippen LogP contribution in [0.15, 0.2) is 28.7 Å². The number of carbonyl (C=O) groups is 1. The van der Waals surface area contributed by atoms with E-state index in [0.717, 1.165) is 5.69 Å². The molecule has 1 aromatic heterocycles. The van der Waals surface area contributed by atoms with Crippen molar-refractivity contribution in [1.82, 2.24) is 4.98 Å². The van der Waals surface area contributed by atoms with Crippen molar-refractivity contribution in [2.24, 2.45) is 0 Å². The number of ketones is 1. The van der Waals surface area contributed by atoms with Gasteiger partial charge in [-0.3, -0.25) is 4.79 Å². The van der Waals surface area contributed by atoms with Crippen LogP contribution in [0.5, 0.6) is 11.5 Å². The highest BCUT2D eigenvalue weighted by atomic mass is 16.5. The predicted molar refractivity (Wildman–Crippen MR) is 89.7 cm³/mol. The highest BCUT2D eigenvalue weighted by Crippen LogP contribution is 2.28. The summed E-state index contributed by atoms with van der Waals surface area (Å²) < 4.78 is 21.2. The number of nitrogens with zero attached hydrogens (tertiary/aromatic N) is 1. The predicted octanol–water partition coefficient (Wildman–Crippen LogP) is 3.22. The highest BCUT2D eigenvalue weighted by Gasteiger charge is 2.10. The first-order valence-corrected chi connectivity index (χ1v) is 7.51. The lowest BCUT2D eigenvalue weighted by atomic mass is 10.1. The smallest absolute Gasteiger partial charge is 0.191 e. The number of aromatic nitrogens is 1. The van der Waals surface area contributed by atoms with Crippen molar-refractivity contribution in [2.75, 3.05) is 27.4 Å². The number of oxazole rings is 1. The summed E-state index contributed by atoms with van der Waals surface area (Å²) in [6.07, 6.45) is 3.07. The van der Waals surface area contributed by atoms with Gasteiger partial charge >= 0.3 is 0 Å². The lowest BCUT2D eigenvalue weighted by Gasteiger charge is -2.11. The molecular formula is C18H21NO5. The molecule has 0 spiro atoms. The van der Waals surface area contributed by atoms with Crippen LogP contribution in [0, 0.1) is 13.8 Å². The molecular weight excluding hydrogens is 310 g/mol. The Kier molecular flexibility index (Phi) is 6.14. The summed E-state index contributed by atoms with van der Waals surface area (Å²) in [7, 11) is 3.13. The van der Waals surface area contributed by atoms with Crippen LogP contribution >= 0.6 is 0 Å². The summed E-state index contributed by atoms with van der Waals surface area (Å²) in [4.78, 5) is 16.5. The second-order valence-electron chi connectivity index (χ2n) is 5.09. The summed E-state index contributed by atoms with van der Waals surface area (Å²) in [5, 5.41) is 0. The molecule has 6 heteroatoms. The van der Waals surface area contributed by atoms with Gasteiger partial charge in [0.1, 0.15) is 12.4 Å². The average Bonchev–Trinajstić information content (AvgIpc) is 2.90. The molecule has 1 heterocycles. The van der Waals surface area contributed by atoms with Crippen LogP contribution in [-0.4, -0.2) is 38.2 Å². The maximum atomic E-state index is 12.3. The van der Waals surface area contributed by atoms with Gasteiger partial charge in [-0.15, -0.1) is 0 Å². The van der Waals surface area contributed by atoms with Crippen LogP contribution < -0.4 is 9.47 Å². The quantitative estimate of drug-likeness (QED) is 0.420. The normalized spacial score (nSPS) is 11.0. The van der Waals surface area contributed by atoms with Crippen LogP contribution in [0.3, 0.4) is 0 Å². The minimum atomic E-state index is -0.162. The fourth-order valence-corrected chi connectivity index (χ4v) is 2.12. The molecule has 0 unspecified atom stereocenters. The zero-order valence-electron chi connectivity index (χ0n) is 14.3. The maximum absolute atomic E-state index is 12.3. The first-order valence-electron chi connectivity index (χ1n) is 7.51. The van der Waals surface area contributed by atoms with Gasteiger partial charge in [0.05, 0.1) is 19.4 Å². The average molecular weight is 331 g/mol. The third-order valence-electron chi connectivity index (χ3n) is 3.32. The van der Waals surface area contributed by atoms with Gasteiger partial charge in [-0.05, 0) is 37.3 Å². The number of allylic oxidation sites excluding steroid dienone is 1. The van der Waals surface area contributed by atoms with E-state index in [2.05, 4.69) is 4.98 Å². The largest absolute Gasteiger partial charge is 0.493 e. The van der Waals surface area contributed by atoms with E-state index in [1.807, 2.05) is 6.92 Å². The molecule has 0 fully saturated rings. The molecule has 0 aliphatic carbocycles. The second kappa shape index (κ2) is 8.31. The zero-order valence-corrected chi connectivity index (χ0v) is 14.3. The summed E-state index contributed by atoms with van der Waals surface area (Å²) in [5.41, 5.74) is 1.24. The Balaban J connectivity index is 2.13. The fourth-order valence-electron chi connectivity index (χ4n) is 2.12. The molecule has 6 nitrogen and oxygen atoms in total. The van der Waals surface area contributed by atoms with Gasteiger partial charge in [0.2, 0.25) is 0 Å². The minimum absolute atomic E-state index is 0.162. The third-order valence-corrected chi connectivity index (χ3v) is 3.32. The number of hydrogen-bond donors (Lipinski definition) is 0. The molecule has 24 heavy (non-hydrogen) atoms. The van der Waals surface area contributed by atoms with Crippen molar-refractivity contribution in [2.45, 2.75) is 13.8 Å². The Morgan fingerprint density at radius 1 is 1.21 bits per heavy atom. The van der Waals surface area contributed by atoms with Gasteiger partial charge in [0.25, 0.3) is 0 Å². The standard InChI is InChI=1S/C18H21NO5/c1-12-16(24-13(2)19-12)8-6-15(20)14-5-7-17(18(11-14)22-4)23-10-9-21-3/h5-8,11H,9-10H2,1-4H3. The molecule has 0 aliphatic heterocycles. The van der Waals surface area contributed by atoms with Crippen LogP contribution in [0.1, 0.15) is 27.7 Å². The van der Waals surface area contributed by atoms with Gasteiger partial charge in [-0.25, -0.2) is 4.98 Å². The van der Waals surface area contributed by atoms with Gasteiger partial charge in [-0.2, -0.15) is 0 Å². The van der Waals surface area contributed by atoms with Gasteiger partial charge in [-0.1, -0.05) is 0 Å². The van der Waals surface area contributed by atoms with E-state index >= 15 is 0 Å². The second-order valence-corrected chi connectivity index (χ2v) is 5.09. The number of ether oxygens (including phenoxy) is 3. The molecule has 0 saturated heterocycles. The van der Waals surface area contributed by atoms with Crippen LogP contribution in [0.4, 0.5) is 0 Å². The van der Waals surface area contributed by atoms with Crippen molar-refractivity contribution in [1.29, 1.82) is 0 Å². The number of hydrogen-bond acceptors (Lipinski definition) is 6. The lowest BCUT2D eigenvalue weighted by Crippen LogP contribution is -2.06. The van der Waals surface area contributed by atoms with E-state index in [9.17, 15) is 4.79 Å². The molecule has 0 bridgehead atoms. The Morgan fingerprint density at radius 3 is 2.62 bits per heavy atom. The van der Waals surface area contributed by atoms with Crippen LogP contribution in [0.2, 0.25) is 0 Å². The third kappa shape index (κ3) is 4.45. The van der Waals surface area contributed by atoms with E-state index in [1.54, 1.807) is 38.3 Å². The lowest BCUT2D eigenvalue weighted by molar-refractivity contribution is 0.104. The van der Waals surface area contributed by atoms with Crippen molar-refractivity contribution < 1.29 is 23.4 Å². The number of aryl methyl sites for hydroxylation is 2. The Hall–Kier alpha value is -2.60. The first kappa shape index (κ1) is 17.7. The molecule has 0 amide bonds. The van der Waals surface area contributed by atoms with E-state index in [4.69, 9.17) is 18.6 Å². The van der Waals surface area contributed by atoms with Crippen molar-refractivity contribution >= 4 is 11.9 Å². The monoisotopic (exact) mass is 331 g/mol. The number of benzene rings is 1. The van der Waals surface area contributed by atoms with Crippen molar-refractivity contribution in [3.8, 4) is 11.5 Å². The zero-order chi connectivity index (χ0) is 17.5. The van der Waals surface area contributed by atoms with Crippen LogP contribution in [-0.2, 0) is 4.74 Å². The number of carbonyl (C=O) groups excluding carboxylic acids is 1. The van der Waals surface area contributed by atoms with Gasteiger partial charge in [0, 0.05) is 19.6 Å². The summed E-state index contributed by atoms with van der Waals surface area (Å²) in [6, 6.07) is 5.04. The van der Waals surface area contributed by atoms with Gasteiger partial charge < -0.3 is 18.6 Å². The Bertz CT molecular complexity index is 733. The SMILES string of the molecule is COCCOc1ccc(C(=O)C=Cc2oc(C)nc2C)cc1OC. The van der Waals surface area contributed by atoms with E-state index in [0.29, 0.717) is 41.9 Å². The topological polar surface area (TPSA) is 70.8 Å². The summed E-state index contributed by atoms with van der Waals surface area (Å²) >= 11 is 0. The van der Waals surface area contributed by atoms with Crippen LogP contribution in [0.25, 0.3) is 6.08 Å². The van der Waals surface area contributed by atoms with E-state index in [1.165, 1.54) is 13.2 Å². The Labute approximate surface area is 141 Å². The van der Waals surface area contributed by atoms with E-state index < -0.39 is 0 Å². The summed E-state index contributed by atoms with van der Waals surface area (Å²) in [6.45, 7) is 4.47.